The number of rotatable bonds is 0. The van der Waals surface area contributed by atoms with E-state index in [1.54, 1.807) is 18.7 Å². The number of aromatic nitrogens is 2. The molecule has 0 aliphatic heterocycles. The Morgan fingerprint density at radius 2 is 1.40 bits per heavy atom. The van der Waals surface area contributed by atoms with Gasteiger partial charge >= 0.3 is 0 Å². The van der Waals surface area contributed by atoms with Gasteiger partial charge in [0.05, 0.1) is 6.33 Å². The Labute approximate surface area is 97.2 Å². The van der Waals surface area contributed by atoms with Crippen molar-refractivity contribution in [3.63, 3.8) is 0 Å². The van der Waals surface area contributed by atoms with Crippen LogP contribution in [0.5, 0.6) is 0 Å². The van der Waals surface area contributed by atoms with Crippen LogP contribution < -0.4 is 0 Å². The molecule has 0 bridgehead atoms. The monoisotopic (exact) mass is 224 g/mol. The molecule has 2 aromatic rings. The van der Waals surface area contributed by atoms with Crippen LogP contribution in [-0.2, 0) is 0 Å². The van der Waals surface area contributed by atoms with E-state index in [1.807, 2.05) is 0 Å². The molecule has 0 unspecified atom stereocenters. The number of hydrogen-bond acceptors (Lipinski definition) is 1. The average Bonchev–Trinajstić information content (AvgIpc) is 2.56. The van der Waals surface area contributed by atoms with E-state index >= 15 is 0 Å². The molecule has 0 aliphatic rings. The lowest BCUT2D eigenvalue weighted by Crippen LogP contribution is -1.78. The van der Waals surface area contributed by atoms with Crippen LogP contribution in [0.1, 0.15) is 16.7 Å². The van der Waals surface area contributed by atoms with Gasteiger partial charge < -0.3 is 4.98 Å². The van der Waals surface area contributed by atoms with Gasteiger partial charge in [0.2, 0.25) is 0 Å². The maximum Gasteiger partial charge on any atom is 0.0919 e. The van der Waals surface area contributed by atoms with E-state index in [0.29, 0.717) is 0 Å². The fraction of sp³-hybridized carbons (Fsp3) is 0.250. The minimum absolute atomic E-state index is 0. The van der Waals surface area contributed by atoms with Crippen LogP contribution in [0.4, 0.5) is 0 Å². The molecule has 2 rings (SSSR count). The quantitative estimate of drug-likeness (QED) is 0.730. The van der Waals surface area contributed by atoms with Crippen LogP contribution in [0.25, 0.3) is 0 Å². The molecule has 1 N–H and O–H groups in total. The number of H-pyrrole nitrogens is 1. The Balaban J connectivity index is 0.000000280. The van der Waals surface area contributed by atoms with Crippen LogP contribution in [0, 0.1) is 20.8 Å². The first kappa shape index (κ1) is 13.7. The van der Waals surface area contributed by atoms with E-state index < -0.39 is 0 Å². The molecular weight excluding hydrogens is 208 g/mol. The van der Waals surface area contributed by atoms with Gasteiger partial charge in [0.25, 0.3) is 0 Å². The second kappa shape index (κ2) is 7.07. The van der Waals surface area contributed by atoms with E-state index in [-0.39, 0.29) is 12.4 Å². The van der Waals surface area contributed by atoms with Crippen molar-refractivity contribution >= 4 is 12.4 Å². The first-order chi connectivity index (χ1) is 6.68. The Morgan fingerprint density at radius 3 is 1.60 bits per heavy atom. The molecule has 0 saturated carbocycles. The van der Waals surface area contributed by atoms with Gasteiger partial charge in [-0.05, 0) is 20.8 Å². The van der Waals surface area contributed by atoms with Gasteiger partial charge in [-0.1, -0.05) is 34.9 Å². The summed E-state index contributed by atoms with van der Waals surface area (Å²) in [6.07, 6.45) is 5.08. The molecule has 0 fully saturated rings. The summed E-state index contributed by atoms with van der Waals surface area (Å²) in [4.78, 5) is 6.42. The highest BCUT2D eigenvalue weighted by atomic mass is 35.5. The highest BCUT2D eigenvalue weighted by Crippen LogP contribution is 2.06. The van der Waals surface area contributed by atoms with E-state index in [0.717, 1.165) is 0 Å². The first-order valence-corrected chi connectivity index (χ1v) is 4.66. The summed E-state index contributed by atoms with van der Waals surface area (Å²) >= 11 is 0. The molecule has 2 nitrogen and oxygen atoms in total. The third kappa shape index (κ3) is 5.92. The zero-order valence-corrected chi connectivity index (χ0v) is 10.1. The fourth-order valence-electron chi connectivity index (χ4n) is 1.42. The minimum Gasteiger partial charge on any atom is -0.351 e. The molecule has 0 amide bonds. The Hall–Kier alpha value is -1.28. The molecule has 3 heteroatoms. The molecule has 0 spiro atoms. The van der Waals surface area contributed by atoms with Crippen molar-refractivity contribution in [1.82, 2.24) is 9.97 Å². The lowest BCUT2D eigenvalue weighted by Gasteiger charge is -1.96. The molecule has 0 atom stereocenters. The number of aryl methyl sites for hydroxylation is 3. The van der Waals surface area contributed by atoms with Crippen molar-refractivity contribution in [1.29, 1.82) is 0 Å². The maximum atomic E-state index is 3.67. The summed E-state index contributed by atoms with van der Waals surface area (Å²) in [6.45, 7) is 6.38. The van der Waals surface area contributed by atoms with Gasteiger partial charge in [-0.25, -0.2) is 4.98 Å². The SMILES string of the molecule is Cc1cc(C)cc(C)c1.Cl.c1c[nH]cn1. The summed E-state index contributed by atoms with van der Waals surface area (Å²) < 4.78 is 0. The van der Waals surface area contributed by atoms with Crippen molar-refractivity contribution in [2.75, 3.05) is 0 Å². The lowest BCUT2D eigenvalue weighted by molar-refractivity contribution is 1.31. The summed E-state index contributed by atoms with van der Waals surface area (Å²) in [6, 6.07) is 6.56. The highest BCUT2D eigenvalue weighted by molar-refractivity contribution is 5.85. The predicted octanol–water partition coefficient (Wildman–Crippen LogP) is 3.44. The van der Waals surface area contributed by atoms with Crippen molar-refractivity contribution in [3.8, 4) is 0 Å². The molecule has 15 heavy (non-hydrogen) atoms. The number of halogens is 1. The summed E-state index contributed by atoms with van der Waals surface area (Å²) in [5.74, 6) is 0. The van der Waals surface area contributed by atoms with Gasteiger partial charge in [-0.15, -0.1) is 12.4 Å². The zero-order chi connectivity index (χ0) is 10.4. The van der Waals surface area contributed by atoms with Crippen molar-refractivity contribution in [2.24, 2.45) is 0 Å². The van der Waals surface area contributed by atoms with Gasteiger partial charge in [-0.2, -0.15) is 0 Å². The molecule has 0 saturated heterocycles. The third-order valence-electron chi connectivity index (χ3n) is 1.77. The highest BCUT2D eigenvalue weighted by Gasteiger charge is 1.87. The van der Waals surface area contributed by atoms with Crippen LogP contribution in [0.15, 0.2) is 36.9 Å². The van der Waals surface area contributed by atoms with Crippen LogP contribution in [0.2, 0.25) is 0 Å². The number of benzene rings is 1. The second-order valence-corrected chi connectivity index (χ2v) is 3.43. The number of nitrogens with one attached hydrogen (secondary N) is 1. The Bertz CT molecular complexity index is 301. The van der Waals surface area contributed by atoms with E-state index in [4.69, 9.17) is 0 Å². The summed E-state index contributed by atoms with van der Waals surface area (Å²) in [5, 5.41) is 0. The lowest BCUT2D eigenvalue weighted by atomic mass is 10.1. The molecule has 1 heterocycles. The number of hydrogen-bond donors (Lipinski definition) is 1. The molecule has 0 radical (unpaired) electrons. The van der Waals surface area contributed by atoms with Crippen molar-refractivity contribution in [2.45, 2.75) is 20.8 Å². The van der Waals surface area contributed by atoms with E-state index in [9.17, 15) is 0 Å². The third-order valence-corrected chi connectivity index (χ3v) is 1.77. The fourth-order valence-corrected chi connectivity index (χ4v) is 1.42. The average molecular weight is 225 g/mol. The van der Waals surface area contributed by atoms with Crippen molar-refractivity contribution in [3.05, 3.63) is 53.6 Å². The molecule has 0 aliphatic carbocycles. The predicted molar refractivity (Wildman–Crippen MR) is 66.5 cm³/mol. The summed E-state index contributed by atoms with van der Waals surface area (Å²) in [7, 11) is 0. The van der Waals surface area contributed by atoms with E-state index in [2.05, 4.69) is 48.9 Å². The summed E-state index contributed by atoms with van der Waals surface area (Å²) in [5.41, 5.74) is 4.06. The van der Waals surface area contributed by atoms with Gasteiger partial charge in [0.15, 0.2) is 0 Å². The van der Waals surface area contributed by atoms with Crippen LogP contribution in [-0.4, -0.2) is 9.97 Å². The molecule has 82 valence electrons. The van der Waals surface area contributed by atoms with Gasteiger partial charge in [-0.3, -0.25) is 0 Å². The Kier molecular flexibility index (Phi) is 6.47. The number of nitrogens with zero attached hydrogens (tertiary/aromatic N) is 1. The minimum atomic E-state index is 0. The zero-order valence-electron chi connectivity index (χ0n) is 9.32. The number of imidazole rings is 1. The Morgan fingerprint density at radius 1 is 0.933 bits per heavy atom. The molecule has 1 aromatic carbocycles. The smallest absolute Gasteiger partial charge is 0.0919 e. The molecule has 1 aromatic heterocycles. The molecular formula is C12H17ClN2. The van der Waals surface area contributed by atoms with Crippen LogP contribution >= 0.6 is 12.4 Å². The van der Waals surface area contributed by atoms with E-state index in [1.165, 1.54) is 16.7 Å². The van der Waals surface area contributed by atoms with Gasteiger partial charge in [0.1, 0.15) is 0 Å². The number of aromatic amines is 1. The standard InChI is InChI=1S/C9H12.C3H4N2.ClH/c1-7-4-8(2)6-9(3)5-7;1-2-5-3-4-1;/h4-6H,1-3H3;1-3H,(H,4,5);1H. The van der Waals surface area contributed by atoms with Crippen molar-refractivity contribution < 1.29 is 0 Å². The maximum absolute atomic E-state index is 3.67. The first-order valence-electron chi connectivity index (χ1n) is 4.66. The second-order valence-electron chi connectivity index (χ2n) is 3.43. The normalized spacial score (nSPS) is 8.47. The van der Waals surface area contributed by atoms with Crippen LogP contribution in [0.3, 0.4) is 0 Å². The topological polar surface area (TPSA) is 28.7 Å². The largest absolute Gasteiger partial charge is 0.351 e. The van der Waals surface area contributed by atoms with Gasteiger partial charge in [0, 0.05) is 12.4 Å².